The molecular weight excluding hydrogens is 407 g/mol. The van der Waals surface area contributed by atoms with Crippen molar-refractivity contribution in [1.29, 1.82) is 0 Å². The average molecular weight is 425 g/mol. The smallest absolute Gasteiger partial charge is 0.0621 e. The minimum absolute atomic E-state index is 0.423. The van der Waals surface area contributed by atoms with E-state index in [0.717, 1.165) is 30.7 Å². The summed E-state index contributed by atoms with van der Waals surface area (Å²) in [5, 5.41) is 7.05. The van der Waals surface area contributed by atoms with E-state index in [2.05, 4.69) is 74.3 Å². The van der Waals surface area contributed by atoms with Crippen LogP contribution in [-0.4, -0.2) is 31.8 Å². The summed E-state index contributed by atoms with van der Waals surface area (Å²) in [5.41, 5.74) is 1.19. The van der Waals surface area contributed by atoms with Gasteiger partial charge in [0.15, 0.2) is 0 Å². The van der Waals surface area contributed by atoms with Crippen LogP contribution in [0.15, 0.2) is 22.7 Å². The lowest BCUT2D eigenvalue weighted by Gasteiger charge is -2.27. The van der Waals surface area contributed by atoms with Crippen molar-refractivity contribution in [2.24, 2.45) is 0 Å². The number of nitrogens with one attached hydrogen (secondary N) is 2. The monoisotopic (exact) mass is 424 g/mol. The Morgan fingerprint density at radius 3 is 3.17 bits per heavy atom. The third kappa shape index (κ3) is 4.36. The minimum Gasteiger partial charge on any atom is -0.382 e. The molecule has 0 bridgehead atoms. The first-order valence-corrected chi connectivity index (χ1v) is 8.05. The van der Waals surface area contributed by atoms with E-state index in [4.69, 9.17) is 4.74 Å². The molecule has 0 aromatic heterocycles. The molecule has 1 aromatic rings. The second kappa shape index (κ2) is 7.07. The Balaban J connectivity index is 1.89. The fourth-order valence-corrected chi connectivity index (χ4v) is 2.98. The molecule has 1 saturated heterocycles. The molecule has 1 fully saturated rings. The summed E-state index contributed by atoms with van der Waals surface area (Å²) in [7, 11) is 0. The normalized spacial score (nSPS) is 21.6. The van der Waals surface area contributed by atoms with Gasteiger partial charge in [-0.2, -0.15) is 0 Å². The van der Waals surface area contributed by atoms with Gasteiger partial charge in [0.2, 0.25) is 0 Å². The SMILES string of the molecule is CC(CC1COCCN1)Nc1cc(Br)ccc1I. The first kappa shape index (κ1) is 14.6. The molecule has 0 amide bonds. The van der Waals surface area contributed by atoms with Gasteiger partial charge in [-0.15, -0.1) is 0 Å². The number of halogens is 2. The first-order valence-electron chi connectivity index (χ1n) is 6.18. The van der Waals surface area contributed by atoms with Crippen LogP contribution in [0.2, 0.25) is 0 Å². The van der Waals surface area contributed by atoms with Crippen LogP contribution in [0.5, 0.6) is 0 Å². The summed E-state index contributed by atoms with van der Waals surface area (Å²) in [6.07, 6.45) is 1.07. The van der Waals surface area contributed by atoms with E-state index in [1.54, 1.807) is 0 Å². The van der Waals surface area contributed by atoms with Crippen molar-refractivity contribution >= 4 is 44.2 Å². The predicted molar refractivity (Wildman–Crippen MR) is 87.2 cm³/mol. The Morgan fingerprint density at radius 2 is 2.44 bits per heavy atom. The summed E-state index contributed by atoms with van der Waals surface area (Å²) in [6, 6.07) is 7.19. The van der Waals surface area contributed by atoms with Crippen molar-refractivity contribution in [2.45, 2.75) is 25.4 Å². The van der Waals surface area contributed by atoms with Crippen LogP contribution < -0.4 is 10.6 Å². The Morgan fingerprint density at radius 1 is 1.61 bits per heavy atom. The summed E-state index contributed by atoms with van der Waals surface area (Å²) < 4.78 is 7.83. The molecule has 18 heavy (non-hydrogen) atoms. The van der Waals surface area contributed by atoms with Gasteiger partial charge in [-0.1, -0.05) is 15.9 Å². The number of anilines is 1. The zero-order valence-corrected chi connectivity index (χ0v) is 14.1. The van der Waals surface area contributed by atoms with Crippen LogP contribution in [0.3, 0.4) is 0 Å². The maximum absolute atomic E-state index is 5.48. The van der Waals surface area contributed by atoms with Crippen molar-refractivity contribution in [3.05, 3.63) is 26.2 Å². The zero-order valence-electron chi connectivity index (χ0n) is 10.4. The van der Waals surface area contributed by atoms with Crippen LogP contribution in [0, 0.1) is 3.57 Å². The summed E-state index contributed by atoms with van der Waals surface area (Å²) in [4.78, 5) is 0. The number of morpholine rings is 1. The summed E-state index contributed by atoms with van der Waals surface area (Å²) in [5.74, 6) is 0. The molecule has 2 atom stereocenters. The van der Waals surface area contributed by atoms with E-state index in [1.165, 1.54) is 9.26 Å². The van der Waals surface area contributed by atoms with Gasteiger partial charge >= 0.3 is 0 Å². The second-order valence-corrected chi connectivity index (χ2v) is 6.71. The summed E-state index contributed by atoms with van der Waals surface area (Å²) >= 11 is 5.87. The fourth-order valence-electron chi connectivity index (χ4n) is 2.13. The minimum atomic E-state index is 0.423. The molecule has 2 N–H and O–H groups in total. The van der Waals surface area contributed by atoms with E-state index in [9.17, 15) is 0 Å². The van der Waals surface area contributed by atoms with Crippen molar-refractivity contribution in [3.8, 4) is 0 Å². The number of hydrogen-bond acceptors (Lipinski definition) is 3. The topological polar surface area (TPSA) is 33.3 Å². The predicted octanol–water partition coefficient (Wildman–Crippen LogP) is 3.23. The first-order chi connectivity index (χ1) is 8.65. The molecule has 1 heterocycles. The Hall–Kier alpha value is 0.150. The molecule has 1 aromatic carbocycles. The van der Waals surface area contributed by atoms with Gasteiger partial charge in [0.05, 0.1) is 13.2 Å². The molecule has 0 saturated carbocycles. The van der Waals surface area contributed by atoms with Gasteiger partial charge < -0.3 is 15.4 Å². The molecule has 100 valence electrons. The maximum atomic E-state index is 5.48. The molecule has 0 spiro atoms. The lowest BCUT2D eigenvalue weighted by molar-refractivity contribution is 0.0731. The van der Waals surface area contributed by atoms with E-state index in [1.807, 2.05) is 0 Å². The standard InChI is InChI=1S/C13H18BrIN2O/c1-9(6-11-8-18-5-4-16-11)17-13-7-10(14)2-3-12(13)15/h2-3,7,9,11,16-17H,4-6,8H2,1H3. The van der Waals surface area contributed by atoms with Gasteiger partial charge in [-0.05, 0) is 54.1 Å². The Bertz CT molecular complexity index is 397. The van der Waals surface area contributed by atoms with Gasteiger partial charge in [0.1, 0.15) is 0 Å². The quantitative estimate of drug-likeness (QED) is 0.728. The number of rotatable bonds is 4. The van der Waals surface area contributed by atoms with Gasteiger partial charge in [-0.3, -0.25) is 0 Å². The molecular formula is C13H18BrIN2O. The number of ether oxygens (including phenoxy) is 1. The molecule has 1 aliphatic heterocycles. The molecule has 5 heteroatoms. The van der Waals surface area contributed by atoms with Crippen molar-refractivity contribution in [1.82, 2.24) is 5.32 Å². The second-order valence-electron chi connectivity index (χ2n) is 4.63. The van der Waals surface area contributed by atoms with Crippen LogP contribution in [-0.2, 0) is 4.74 Å². The molecule has 3 nitrogen and oxygen atoms in total. The van der Waals surface area contributed by atoms with Crippen molar-refractivity contribution < 1.29 is 4.74 Å². The highest BCUT2D eigenvalue weighted by Gasteiger charge is 2.16. The van der Waals surface area contributed by atoms with E-state index < -0.39 is 0 Å². The highest BCUT2D eigenvalue weighted by atomic mass is 127. The van der Waals surface area contributed by atoms with Gasteiger partial charge in [0.25, 0.3) is 0 Å². The molecule has 1 aliphatic rings. The largest absolute Gasteiger partial charge is 0.382 e. The van der Waals surface area contributed by atoms with E-state index >= 15 is 0 Å². The average Bonchev–Trinajstić information content (AvgIpc) is 2.35. The highest BCUT2D eigenvalue weighted by molar-refractivity contribution is 14.1. The van der Waals surface area contributed by atoms with E-state index in [0.29, 0.717) is 12.1 Å². The lowest BCUT2D eigenvalue weighted by Crippen LogP contribution is -2.43. The third-order valence-corrected chi connectivity index (χ3v) is 4.40. The van der Waals surface area contributed by atoms with E-state index in [-0.39, 0.29) is 0 Å². The van der Waals surface area contributed by atoms with Crippen LogP contribution in [0.1, 0.15) is 13.3 Å². The third-order valence-electron chi connectivity index (χ3n) is 2.97. The number of benzene rings is 1. The maximum Gasteiger partial charge on any atom is 0.0621 e. The van der Waals surface area contributed by atoms with Crippen molar-refractivity contribution in [3.63, 3.8) is 0 Å². The zero-order chi connectivity index (χ0) is 13.0. The molecule has 2 unspecified atom stereocenters. The molecule has 2 rings (SSSR count). The Kier molecular flexibility index (Phi) is 5.72. The van der Waals surface area contributed by atoms with Crippen LogP contribution >= 0.6 is 38.5 Å². The van der Waals surface area contributed by atoms with Crippen molar-refractivity contribution in [2.75, 3.05) is 25.1 Å². The fraction of sp³-hybridized carbons (Fsp3) is 0.538. The molecule has 0 radical (unpaired) electrons. The Labute approximate surface area is 130 Å². The summed E-state index contributed by atoms with van der Waals surface area (Å²) in [6.45, 7) is 4.84. The number of hydrogen-bond donors (Lipinski definition) is 2. The van der Waals surface area contributed by atoms with Crippen LogP contribution in [0.25, 0.3) is 0 Å². The van der Waals surface area contributed by atoms with Gasteiger partial charge in [0, 0.05) is 32.4 Å². The molecule has 0 aliphatic carbocycles. The van der Waals surface area contributed by atoms with Gasteiger partial charge in [-0.25, -0.2) is 0 Å². The highest BCUT2D eigenvalue weighted by Crippen LogP contribution is 2.24. The van der Waals surface area contributed by atoms with Crippen LogP contribution in [0.4, 0.5) is 5.69 Å². The lowest BCUT2D eigenvalue weighted by atomic mass is 10.1.